The summed E-state index contributed by atoms with van der Waals surface area (Å²) in [4.78, 5) is 6.38. The molecule has 0 aliphatic carbocycles. The molecule has 0 spiro atoms. The number of nitrogen functional groups attached to an aromatic ring is 1. The Morgan fingerprint density at radius 1 is 1.00 bits per heavy atom. The molecule has 19 heavy (non-hydrogen) atoms. The van der Waals surface area contributed by atoms with Crippen molar-refractivity contribution in [3.05, 3.63) is 59.9 Å². The molecule has 0 saturated carbocycles. The van der Waals surface area contributed by atoms with E-state index in [9.17, 15) is 0 Å². The van der Waals surface area contributed by atoms with Crippen molar-refractivity contribution in [1.82, 2.24) is 9.88 Å². The van der Waals surface area contributed by atoms with Gasteiger partial charge < -0.3 is 10.6 Å². The molecule has 3 heteroatoms. The van der Waals surface area contributed by atoms with Gasteiger partial charge in [-0.05, 0) is 55.3 Å². The van der Waals surface area contributed by atoms with E-state index in [-0.39, 0.29) is 0 Å². The summed E-state index contributed by atoms with van der Waals surface area (Å²) in [5.41, 5.74) is 9.26. The zero-order chi connectivity index (χ0) is 13.5. The number of pyridine rings is 1. The second kappa shape index (κ2) is 6.90. The van der Waals surface area contributed by atoms with Crippen molar-refractivity contribution in [2.24, 2.45) is 0 Å². The van der Waals surface area contributed by atoms with Crippen molar-refractivity contribution in [2.45, 2.75) is 12.8 Å². The minimum Gasteiger partial charge on any atom is -0.399 e. The summed E-state index contributed by atoms with van der Waals surface area (Å²) in [7, 11) is 2.16. The van der Waals surface area contributed by atoms with Gasteiger partial charge in [-0.1, -0.05) is 12.1 Å². The third kappa shape index (κ3) is 4.72. The highest BCUT2D eigenvalue weighted by atomic mass is 15.1. The summed E-state index contributed by atoms with van der Waals surface area (Å²) >= 11 is 0. The van der Waals surface area contributed by atoms with Crippen molar-refractivity contribution in [3.8, 4) is 0 Å². The van der Waals surface area contributed by atoms with Crippen LogP contribution >= 0.6 is 0 Å². The van der Waals surface area contributed by atoms with Crippen LogP contribution in [0.2, 0.25) is 0 Å². The highest BCUT2D eigenvalue weighted by molar-refractivity contribution is 5.40. The summed E-state index contributed by atoms with van der Waals surface area (Å²) in [5.74, 6) is 0. The molecule has 0 aliphatic heterocycles. The zero-order valence-corrected chi connectivity index (χ0v) is 11.4. The minimum absolute atomic E-state index is 0.844. The fourth-order valence-electron chi connectivity index (χ4n) is 2.05. The van der Waals surface area contributed by atoms with Gasteiger partial charge in [-0.15, -0.1) is 0 Å². The van der Waals surface area contributed by atoms with Crippen LogP contribution in [0.15, 0.2) is 48.8 Å². The van der Waals surface area contributed by atoms with E-state index in [2.05, 4.69) is 41.2 Å². The Hall–Kier alpha value is -1.87. The lowest BCUT2D eigenvalue weighted by Crippen LogP contribution is -2.23. The van der Waals surface area contributed by atoms with E-state index in [1.165, 1.54) is 11.1 Å². The predicted molar refractivity (Wildman–Crippen MR) is 80.0 cm³/mol. The Kier molecular flexibility index (Phi) is 4.93. The van der Waals surface area contributed by atoms with Gasteiger partial charge in [-0.3, -0.25) is 4.98 Å². The average molecular weight is 255 g/mol. The van der Waals surface area contributed by atoms with Crippen LogP contribution in [0.1, 0.15) is 11.1 Å². The van der Waals surface area contributed by atoms with Crippen LogP contribution in [-0.2, 0) is 12.8 Å². The zero-order valence-electron chi connectivity index (χ0n) is 11.4. The quantitative estimate of drug-likeness (QED) is 0.806. The van der Waals surface area contributed by atoms with Gasteiger partial charge in [0, 0.05) is 31.2 Å². The van der Waals surface area contributed by atoms with Gasteiger partial charge in [0.25, 0.3) is 0 Å². The Morgan fingerprint density at radius 3 is 2.37 bits per heavy atom. The van der Waals surface area contributed by atoms with E-state index in [0.717, 1.165) is 31.6 Å². The number of rotatable bonds is 6. The number of hydrogen-bond donors (Lipinski definition) is 1. The number of benzene rings is 1. The fourth-order valence-corrected chi connectivity index (χ4v) is 2.05. The van der Waals surface area contributed by atoms with Crippen LogP contribution in [0, 0.1) is 0 Å². The number of hydrogen-bond acceptors (Lipinski definition) is 3. The summed E-state index contributed by atoms with van der Waals surface area (Å²) in [6.07, 6.45) is 5.80. The second-order valence-electron chi connectivity index (χ2n) is 4.90. The Morgan fingerprint density at radius 2 is 1.68 bits per heavy atom. The molecule has 0 radical (unpaired) electrons. The topological polar surface area (TPSA) is 42.2 Å². The van der Waals surface area contributed by atoms with Crippen molar-refractivity contribution >= 4 is 5.69 Å². The molecule has 2 N–H and O–H groups in total. The molecule has 1 aromatic carbocycles. The van der Waals surface area contributed by atoms with Gasteiger partial charge in [0.1, 0.15) is 0 Å². The van der Waals surface area contributed by atoms with E-state index in [0.29, 0.717) is 0 Å². The van der Waals surface area contributed by atoms with Crippen molar-refractivity contribution < 1.29 is 0 Å². The van der Waals surface area contributed by atoms with E-state index in [4.69, 9.17) is 5.73 Å². The first kappa shape index (κ1) is 13.6. The third-order valence-electron chi connectivity index (χ3n) is 3.26. The lowest BCUT2D eigenvalue weighted by Gasteiger charge is -2.16. The van der Waals surface area contributed by atoms with E-state index < -0.39 is 0 Å². The average Bonchev–Trinajstić information content (AvgIpc) is 2.44. The van der Waals surface area contributed by atoms with Crippen LogP contribution in [0.5, 0.6) is 0 Å². The first-order valence-electron chi connectivity index (χ1n) is 6.66. The van der Waals surface area contributed by atoms with Gasteiger partial charge in [-0.2, -0.15) is 0 Å². The molecule has 1 aromatic heterocycles. The molecule has 0 fully saturated rings. The summed E-state index contributed by atoms with van der Waals surface area (Å²) in [6, 6.07) is 12.3. The number of aromatic nitrogens is 1. The summed E-state index contributed by atoms with van der Waals surface area (Å²) in [5, 5.41) is 0. The molecular formula is C16H21N3. The smallest absolute Gasteiger partial charge is 0.0316 e. The highest BCUT2D eigenvalue weighted by Gasteiger charge is 2.01. The van der Waals surface area contributed by atoms with E-state index >= 15 is 0 Å². The first-order chi connectivity index (χ1) is 9.24. The monoisotopic (exact) mass is 255 g/mol. The standard InChI is InChI=1S/C16H21N3/c1-19(11-7-14-5-9-18-10-6-14)12-8-15-3-2-4-16(17)13-15/h2-6,9-10,13H,7-8,11-12,17H2,1H3. The predicted octanol–water partition coefficient (Wildman–Crippen LogP) is 2.38. The maximum Gasteiger partial charge on any atom is 0.0316 e. The molecule has 1 heterocycles. The maximum atomic E-state index is 5.78. The Balaban J connectivity index is 1.74. The molecule has 2 rings (SSSR count). The van der Waals surface area contributed by atoms with Gasteiger partial charge >= 0.3 is 0 Å². The SMILES string of the molecule is CN(CCc1ccncc1)CCc1cccc(N)c1. The van der Waals surface area contributed by atoms with Crippen LogP contribution in [0.4, 0.5) is 5.69 Å². The van der Waals surface area contributed by atoms with Gasteiger partial charge in [0.05, 0.1) is 0 Å². The van der Waals surface area contributed by atoms with E-state index in [1.54, 1.807) is 0 Å². The fraction of sp³-hybridized carbons (Fsp3) is 0.312. The minimum atomic E-state index is 0.844. The maximum absolute atomic E-state index is 5.78. The molecule has 0 saturated heterocycles. The van der Waals surface area contributed by atoms with Gasteiger partial charge in [0.2, 0.25) is 0 Å². The van der Waals surface area contributed by atoms with Crippen LogP contribution in [-0.4, -0.2) is 30.0 Å². The lowest BCUT2D eigenvalue weighted by molar-refractivity contribution is 0.343. The number of likely N-dealkylation sites (N-methyl/N-ethyl adjacent to an activating group) is 1. The van der Waals surface area contributed by atoms with Gasteiger partial charge in [-0.25, -0.2) is 0 Å². The molecule has 0 aliphatic rings. The molecule has 2 aromatic rings. The Bertz CT molecular complexity index is 496. The van der Waals surface area contributed by atoms with Crippen LogP contribution in [0.25, 0.3) is 0 Å². The molecule has 0 bridgehead atoms. The second-order valence-corrected chi connectivity index (χ2v) is 4.90. The lowest BCUT2D eigenvalue weighted by atomic mass is 10.1. The largest absolute Gasteiger partial charge is 0.399 e. The highest BCUT2D eigenvalue weighted by Crippen LogP contribution is 2.08. The van der Waals surface area contributed by atoms with Crippen LogP contribution < -0.4 is 5.73 Å². The molecule has 0 unspecified atom stereocenters. The molecular weight excluding hydrogens is 234 g/mol. The first-order valence-corrected chi connectivity index (χ1v) is 6.66. The van der Waals surface area contributed by atoms with Crippen molar-refractivity contribution in [2.75, 3.05) is 25.9 Å². The molecule has 0 atom stereocenters. The molecule has 100 valence electrons. The molecule has 0 amide bonds. The van der Waals surface area contributed by atoms with Crippen molar-refractivity contribution in [1.29, 1.82) is 0 Å². The number of nitrogens with two attached hydrogens (primary N) is 1. The summed E-state index contributed by atoms with van der Waals surface area (Å²) < 4.78 is 0. The van der Waals surface area contributed by atoms with Crippen molar-refractivity contribution in [3.63, 3.8) is 0 Å². The Labute approximate surface area is 115 Å². The number of nitrogens with zero attached hydrogens (tertiary/aromatic N) is 2. The third-order valence-corrected chi connectivity index (χ3v) is 3.26. The van der Waals surface area contributed by atoms with Crippen LogP contribution in [0.3, 0.4) is 0 Å². The number of anilines is 1. The van der Waals surface area contributed by atoms with Gasteiger partial charge in [0.15, 0.2) is 0 Å². The normalized spacial score (nSPS) is 10.8. The van der Waals surface area contributed by atoms with E-state index in [1.807, 2.05) is 24.5 Å². The summed E-state index contributed by atoms with van der Waals surface area (Å²) in [6.45, 7) is 2.11. The molecule has 3 nitrogen and oxygen atoms in total.